The van der Waals surface area contributed by atoms with Crippen LogP contribution in [0.4, 0.5) is 0 Å². The summed E-state index contributed by atoms with van der Waals surface area (Å²) in [7, 11) is 0. The molecule has 0 heteroatoms. The molecule has 0 N–H and O–H groups in total. The molecule has 0 aromatic heterocycles. The van der Waals surface area contributed by atoms with E-state index >= 15 is 0 Å². The Kier molecular flexibility index (Phi) is 7.38. The maximum atomic E-state index is 2.23. The Morgan fingerprint density at radius 2 is 1.54 bits per heavy atom. The van der Waals surface area contributed by atoms with Crippen molar-refractivity contribution in [1.29, 1.82) is 0 Å². The molecule has 0 atom stereocenters. The van der Waals surface area contributed by atoms with Crippen molar-refractivity contribution in [3.8, 4) is 0 Å². The van der Waals surface area contributed by atoms with Crippen LogP contribution in [0.15, 0.2) is 24.3 Å². The molecule has 74 valence electrons. The van der Waals surface area contributed by atoms with Crippen LogP contribution < -0.4 is 0 Å². The van der Waals surface area contributed by atoms with Crippen molar-refractivity contribution in [3.05, 3.63) is 35.4 Å². The fraction of sp³-hybridized carbons (Fsp3) is 0.538. The van der Waals surface area contributed by atoms with Crippen LogP contribution in [0.1, 0.15) is 44.7 Å². The Balaban J connectivity index is 0.000000671. The molecule has 0 unspecified atom stereocenters. The molecule has 0 saturated carbocycles. The lowest BCUT2D eigenvalue weighted by Gasteiger charge is -1.99. The van der Waals surface area contributed by atoms with Gasteiger partial charge in [0.15, 0.2) is 0 Å². The summed E-state index contributed by atoms with van der Waals surface area (Å²) in [4.78, 5) is 0. The van der Waals surface area contributed by atoms with Gasteiger partial charge in [-0.3, -0.25) is 0 Å². The first-order valence-electron chi connectivity index (χ1n) is 5.38. The van der Waals surface area contributed by atoms with Gasteiger partial charge in [-0.05, 0) is 25.3 Å². The summed E-state index contributed by atoms with van der Waals surface area (Å²) < 4.78 is 0. The number of rotatable bonds is 3. The average Bonchev–Trinajstić information content (AvgIpc) is 2.20. The molecule has 0 aliphatic heterocycles. The van der Waals surface area contributed by atoms with Crippen molar-refractivity contribution in [2.24, 2.45) is 0 Å². The summed E-state index contributed by atoms with van der Waals surface area (Å²) in [5.41, 5.74) is 2.82. The first-order chi connectivity index (χ1) is 6.33. The Labute approximate surface area is 83.0 Å². The second kappa shape index (κ2) is 7.85. The van der Waals surface area contributed by atoms with Gasteiger partial charge in [0.05, 0.1) is 0 Å². The van der Waals surface area contributed by atoms with Gasteiger partial charge in [-0.15, -0.1) is 0 Å². The van der Waals surface area contributed by atoms with Gasteiger partial charge in [-0.2, -0.15) is 0 Å². The molecule has 0 bridgehead atoms. The molecule has 0 fully saturated rings. The van der Waals surface area contributed by atoms with E-state index in [1.165, 1.54) is 30.4 Å². The Bertz CT molecular complexity index is 196. The number of hydrogen-bond acceptors (Lipinski definition) is 0. The molecule has 0 aliphatic rings. The molecule has 1 rings (SSSR count). The summed E-state index contributed by atoms with van der Waals surface area (Å²) in [5.74, 6) is 0. The zero-order chi connectivity index (χ0) is 10.1. The minimum atomic E-state index is 1.23. The molecule has 0 spiro atoms. The van der Waals surface area contributed by atoms with Gasteiger partial charge in [-0.25, -0.2) is 0 Å². The second-order valence-corrected chi connectivity index (χ2v) is 3.09. The third-order valence-electron chi connectivity index (χ3n) is 1.94. The number of aryl methyl sites for hydroxylation is 2. The molecule has 1 aromatic carbocycles. The Morgan fingerprint density at radius 3 is 2.00 bits per heavy atom. The zero-order valence-electron chi connectivity index (χ0n) is 9.43. The smallest absolute Gasteiger partial charge is 0.0279 e. The van der Waals surface area contributed by atoms with E-state index in [1.807, 2.05) is 13.8 Å². The van der Waals surface area contributed by atoms with Gasteiger partial charge in [0.2, 0.25) is 0 Å². The molecular weight excluding hydrogens is 156 g/mol. The van der Waals surface area contributed by atoms with E-state index in [2.05, 4.69) is 38.1 Å². The van der Waals surface area contributed by atoms with Crippen LogP contribution in [0.2, 0.25) is 0 Å². The fourth-order valence-electron chi connectivity index (χ4n) is 1.14. The highest BCUT2D eigenvalue weighted by atomic mass is 14.0. The number of unbranched alkanes of at least 4 members (excludes halogenated alkanes) is 1. The van der Waals surface area contributed by atoms with Crippen molar-refractivity contribution in [2.75, 3.05) is 0 Å². The monoisotopic (exact) mass is 178 g/mol. The quantitative estimate of drug-likeness (QED) is 0.645. The summed E-state index contributed by atoms with van der Waals surface area (Å²) in [6.45, 7) is 8.36. The minimum absolute atomic E-state index is 1.23. The van der Waals surface area contributed by atoms with E-state index in [0.717, 1.165) is 0 Å². The van der Waals surface area contributed by atoms with Crippen molar-refractivity contribution < 1.29 is 0 Å². The lowest BCUT2D eigenvalue weighted by molar-refractivity contribution is 0.795. The highest BCUT2D eigenvalue weighted by Crippen LogP contribution is 2.06. The topological polar surface area (TPSA) is 0 Å². The first-order valence-corrected chi connectivity index (χ1v) is 5.38. The van der Waals surface area contributed by atoms with E-state index in [-0.39, 0.29) is 0 Å². The highest BCUT2D eigenvalue weighted by Gasteiger charge is 1.90. The maximum Gasteiger partial charge on any atom is -0.0279 e. The minimum Gasteiger partial charge on any atom is -0.0683 e. The third kappa shape index (κ3) is 5.46. The molecule has 0 heterocycles. The van der Waals surface area contributed by atoms with Gasteiger partial charge in [0, 0.05) is 0 Å². The number of benzene rings is 1. The van der Waals surface area contributed by atoms with Crippen LogP contribution in [0, 0.1) is 6.92 Å². The number of hydrogen-bond donors (Lipinski definition) is 0. The molecule has 1 aromatic rings. The lowest BCUT2D eigenvalue weighted by atomic mass is 10.1. The zero-order valence-corrected chi connectivity index (χ0v) is 9.43. The second-order valence-electron chi connectivity index (χ2n) is 3.09. The molecule has 0 nitrogen and oxygen atoms in total. The SMILES string of the molecule is CC.CCCCc1ccc(C)cc1. The van der Waals surface area contributed by atoms with Gasteiger partial charge in [0.1, 0.15) is 0 Å². The summed E-state index contributed by atoms with van der Waals surface area (Å²) >= 11 is 0. The molecule has 0 amide bonds. The van der Waals surface area contributed by atoms with E-state index in [9.17, 15) is 0 Å². The van der Waals surface area contributed by atoms with Crippen LogP contribution in [-0.4, -0.2) is 0 Å². The third-order valence-corrected chi connectivity index (χ3v) is 1.94. The highest BCUT2D eigenvalue weighted by molar-refractivity contribution is 5.21. The summed E-state index contributed by atoms with van der Waals surface area (Å²) in [6.07, 6.45) is 3.83. The van der Waals surface area contributed by atoms with Crippen molar-refractivity contribution in [2.45, 2.75) is 47.0 Å². The summed E-state index contributed by atoms with van der Waals surface area (Å²) in [5, 5.41) is 0. The lowest BCUT2D eigenvalue weighted by Crippen LogP contribution is -1.83. The van der Waals surface area contributed by atoms with Crippen LogP contribution in [0.5, 0.6) is 0 Å². The van der Waals surface area contributed by atoms with Gasteiger partial charge >= 0.3 is 0 Å². The van der Waals surface area contributed by atoms with Crippen molar-refractivity contribution in [3.63, 3.8) is 0 Å². The van der Waals surface area contributed by atoms with Crippen LogP contribution in [-0.2, 0) is 6.42 Å². The van der Waals surface area contributed by atoms with Crippen LogP contribution >= 0.6 is 0 Å². The standard InChI is InChI=1S/C11H16.C2H6/c1-3-4-5-11-8-6-10(2)7-9-11;1-2/h6-9H,3-5H2,1-2H3;1-2H3. The maximum absolute atomic E-state index is 2.23. The van der Waals surface area contributed by atoms with Crippen LogP contribution in [0.3, 0.4) is 0 Å². The average molecular weight is 178 g/mol. The largest absolute Gasteiger partial charge is 0.0683 e. The van der Waals surface area contributed by atoms with Crippen LogP contribution in [0.25, 0.3) is 0 Å². The van der Waals surface area contributed by atoms with E-state index in [1.54, 1.807) is 0 Å². The first kappa shape index (κ1) is 12.2. The van der Waals surface area contributed by atoms with E-state index < -0.39 is 0 Å². The molecule has 0 aliphatic carbocycles. The van der Waals surface area contributed by atoms with Crippen molar-refractivity contribution >= 4 is 0 Å². The fourth-order valence-corrected chi connectivity index (χ4v) is 1.14. The van der Waals surface area contributed by atoms with E-state index in [0.29, 0.717) is 0 Å². The Hall–Kier alpha value is -0.780. The predicted molar refractivity (Wildman–Crippen MR) is 61.1 cm³/mol. The molecule has 0 saturated heterocycles. The van der Waals surface area contributed by atoms with Gasteiger partial charge < -0.3 is 0 Å². The predicted octanol–water partition coefficient (Wildman–Crippen LogP) is 4.36. The summed E-state index contributed by atoms with van der Waals surface area (Å²) in [6, 6.07) is 8.83. The molecular formula is C13H22. The van der Waals surface area contributed by atoms with Gasteiger partial charge in [0.25, 0.3) is 0 Å². The van der Waals surface area contributed by atoms with E-state index in [4.69, 9.17) is 0 Å². The molecule has 0 radical (unpaired) electrons. The van der Waals surface area contributed by atoms with Gasteiger partial charge in [-0.1, -0.05) is 57.0 Å². The van der Waals surface area contributed by atoms with Crippen molar-refractivity contribution in [1.82, 2.24) is 0 Å². The normalized spacial score (nSPS) is 8.92. The molecule has 13 heavy (non-hydrogen) atoms. The Morgan fingerprint density at radius 1 is 1.00 bits per heavy atom.